The number of nitrogens with one attached hydrogen (secondary N) is 1. The highest BCUT2D eigenvalue weighted by molar-refractivity contribution is 6.04. The molecule has 0 radical (unpaired) electrons. The molecule has 0 saturated heterocycles. The minimum Gasteiger partial charge on any atom is -0.493 e. The van der Waals surface area contributed by atoms with Crippen molar-refractivity contribution in [2.24, 2.45) is 0 Å². The normalized spacial score (nSPS) is 14.0. The minimum absolute atomic E-state index is 0.225. The molecule has 2 aromatic carbocycles. The van der Waals surface area contributed by atoms with Gasteiger partial charge in [-0.2, -0.15) is 5.10 Å². The molecule has 1 N–H and O–H groups in total. The van der Waals surface area contributed by atoms with Crippen molar-refractivity contribution in [1.29, 1.82) is 0 Å². The van der Waals surface area contributed by atoms with Gasteiger partial charge in [-0.3, -0.25) is 4.79 Å². The summed E-state index contributed by atoms with van der Waals surface area (Å²) < 4.78 is 13.3. The molecule has 1 aromatic heterocycles. The van der Waals surface area contributed by atoms with E-state index in [-0.39, 0.29) is 12.0 Å². The number of rotatable bonds is 6. The monoisotopic (exact) mass is 391 g/mol. The van der Waals surface area contributed by atoms with Crippen molar-refractivity contribution in [3.8, 4) is 17.2 Å². The first-order chi connectivity index (χ1) is 14.2. The van der Waals surface area contributed by atoms with E-state index in [0.717, 1.165) is 24.1 Å². The lowest BCUT2D eigenvalue weighted by atomic mass is 10.1. The van der Waals surface area contributed by atoms with Crippen molar-refractivity contribution in [3.63, 3.8) is 0 Å². The van der Waals surface area contributed by atoms with E-state index >= 15 is 0 Å². The van der Waals surface area contributed by atoms with Gasteiger partial charge >= 0.3 is 0 Å². The molecule has 0 spiro atoms. The van der Waals surface area contributed by atoms with Gasteiger partial charge in [-0.1, -0.05) is 18.2 Å². The topological polar surface area (TPSA) is 65.4 Å². The van der Waals surface area contributed by atoms with Crippen LogP contribution in [-0.2, 0) is 0 Å². The molecular formula is C23H25N3O3. The number of hydrogen-bond donors (Lipinski definition) is 1. The number of nitrogens with zero attached hydrogens (tertiary/aromatic N) is 2. The van der Waals surface area contributed by atoms with E-state index in [4.69, 9.17) is 9.47 Å². The lowest BCUT2D eigenvalue weighted by Crippen LogP contribution is -2.16. The Kier molecular flexibility index (Phi) is 5.51. The summed E-state index contributed by atoms with van der Waals surface area (Å²) in [6, 6.07) is 15.0. The van der Waals surface area contributed by atoms with E-state index in [2.05, 4.69) is 10.4 Å². The number of hydrogen-bond acceptors (Lipinski definition) is 4. The molecule has 6 heteroatoms. The number of ether oxygens (including phenoxy) is 2. The molecule has 1 saturated carbocycles. The van der Waals surface area contributed by atoms with Crippen molar-refractivity contribution >= 4 is 11.7 Å². The highest BCUT2D eigenvalue weighted by Crippen LogP contribution is 2.32. The van der Waals surface area contributed by atoms with E-state index in [1.807, 2.05) is 43.3 Å². The molecule has 150 valence electrons. The van der Waals surface area contributed by atoms with Crippen molar-refractivity contribution in [3.05, 3.63) is 65.9 Å². The Balaban J connectivity index is 1.55. The predicted octanol–water partition coefficient (Wildman–Crippen LogP) is 4.76. The smallest absolute Gasteiger partial charge is 0.256 e. The molecule has 6 nitrogen and oxygen atoms in total. The minimum atomic E-state index is -0.225. The Bertz CT molecular complexity index is 992. The standard InChI is InChI=1S/C23H25N3O3/c1-16-15-24-26(18-8-4-3-5-9-18)22(16)25-23(27)17-12-13-20(21(14-17)28-2)29-19-10-6-7-11-19/h3-5,8-9,12-15,19H,6-7,10-11H2,1-2H3,(H,25,27). The van der Waals surface area contributed by atoms with E-state index in [9.17, 15) is 4.79 Å². The molecule has 3 aromatic rings. The van der Waals surface area contributed by atoms with Gasteiger partial charge in [0.05, 0.1) is 25.1 Å². The SMILES string of the molecule is COc1cc(C(=O)Nc2c(C)cnn2-c2ccccc2)ccc1OC1CCCC1. The summed E-state index contributed by atoms with van der Waals surface area (Å²) >= 11 is 0. The lowest BCUT2D eigenvalue weighted by Gasteiger charge is -2.17. The maximum absolute atomic E-state index is 12.9. The van der Waals surface area contributed by atoms with Crippen LogP contribution in [0.15, 0.2) is 54.7 Å². The van der Waals surface area contributed by atoms with E-state index in [1.165, 1.54) is 12.8 Å². The summed E-state index contributed by atoms with van der Waals surface area (Å²) in [6.07, 6.45) is 6.49. The van der Waals surface area contributed by atoms with Crippen molar-refractivity contribution < 1.29 is 14.3 Å². The Morgan fingerprint density at radius 3 is 2.59 bits per heavy atom. The third-order valence-electron chi connectivity index (χ3n) is 5.21. The molecule has 0 aliphatic heterocycles. The highest BCUT2D eigenvalue weighted by Gasteiger charge is 2.20. The zero-order valence-electron chi connectivity index (χ0n) is 16.7. The second kappa shape index (κ2) is 8.39. The Morgan fingerprint density at radius 1 is 1.10 bits per heavy atom. The summed E-state index contributed by atoms with van der Waals surface area (Å²) in [7, 11) is 1.59. The van der Waals surface area contributed by atoms with Crippen LogP contribution in [-0.4, -0.2) is 28.9 Å². The average Bonchev–Trinajstić information content (AvgIpc) is 3.39. The predicted molar refractivity (Wildman–Crippen MR) is 112 cm³/mol. The van der Waals surface area contributed by atoms with E-state index in [0.29, 0.717) is 22.9 Å². The first-order valence-corrected chi connectivity index (χ1v) is 9.92. The van der Waals surface area contributed by atoms with E-state index < -0.39 is 0 Å². The van der Waals surface area contributed by atoms with E-state index in [1.54, 1.807) is 30.1 Å². The summed E-state index contributed by atoms with van der Waals surface area (Å²) in [6.45, 7) is 1.92. The van der Waals surface area contributed by atoms with Crippen LogP contribution in [0.4, 0.5) is 5.82 Å². The molecule has 1 amide bonds. The van der Waals surface area contributed by atoms with Gasteiger partial charge in [0.25, 0.3) is 5.91 Å². The third-order valence-corrected chi connectivity index (χ3v) is 5.21. The van der Waals surface area contributed by atoms with Crippen molar-refractivity contribution in [2.75, 3.05) is 12.4 Å². The average molecular weight is 391 g/mol. The summed E-state index contributed by atoms with van der Waals surface area (Å²) in [5, 5.41) is 7.38. The molecule has 1 aliphatic rings. The zero-order chi connectivity index (χ0) is 20.2. The number of para-hydroxylation sites is 1. The van der Waals surface area contributed by atoms with Gasteiger partial charge in [0.15, 0.2) is 11.5 Å². The fraction of sp³-hybridized carbons (Fsp3) is 0.304. The number of methoxy groups -OCH3 is 1. The molecule has 1 aliphatic carbocycles. The van der Waals surface area contributed by atoms with Gasteiger partial charge in [-0.05, 0) is 62.9 Å². The van der Waals surface area contributed by atoms with Crippen molar-refractivity contribution in [1.82, 2.24) is 9.78 Å². The fourth-order valence-electron chi connectivity index (χ4n) is 3.62. The van der Waals surface area contributed by atoms with Gasteiger partial charge in [0.2, 0.25) is 0 Å². The molecule has 0 atom stereocenters. The molecule has 29 heavy (non-hydrogen) atoms. The van der Waals surface area contributed by atoms with Gasteiger partial charge < -0.3 is 14.8 Å². The summed E-state index contributed by atoms with van der Waals surface area (Å²) in [4.78, 5) is 12.9. The molecule has 1 heterocycles. The Hall–Kier alpha value is -3.28. The van der Waals surface area contributed by atoms with Crippen molar-refractivity contribution in [2.45, 2.75) is 38.7 Å². The zero-order valence-corrected chi connectivity index (χ0v) is 16.7. The second-order valence-electron chi connectivity index (χ2n) is 7.27. The molecule has 4 rings (SSSR count). The van der Waals surface area contributed by atoms with Crippen LogP contribution in [0.5, 0.6) is 11.5 Å². The summed E-state index contributed by atoms with van der Waals surface area (Å²) in [5.41, 5.74) is 2.27. The van der Waals surface area contributed by atoms with Crippen LogP contribution in [0.3, 0.4) is 0 Å². The number of aromatic nitrogens is 2. The molecule has 0 unspecified atom stereocenters. The van der Waals surface area contributed by atoms with Gasteiger partial charge in [-0.25, -0.2) is 4.68 Å². The first-order valence-electron chi connectivity index (χ1n) is 9.92. The van der Waals surface area contributed by atoms with Crippen LogP contribution in [0.1, 0.15) is 41.6 Å². The lowest BCUT2D eigenvalue weighted by molar-refractivity contribution is 0.102. The number of aryl methyl sites for hydroxylation is 1. The first kappa shape index (κ1) is 19.1. The fourth-order valence-corrected chi connectivity index (χ4v) is 3.62. The van der Waals surface area contributed by atoms with Gasteiger partial charge in [0.1, 0.15) is 5.82 Å². The molecule has 1 fully saturated rings. The highest BCUT2D eigenvalue weighted by atomic mass is 16.5. The number of carbonyl (C=O) groups is 1. The van der Waals surface area contributed by atoms with Crippen LogP contribution >= 0.6 is 0 Å². The number of amides is 1. The third kappa shape index (κ3) is 4.11. The quantitative estimate of drug-likeness (QED) is 0.658. The molecular weight excluding hydrogens is 366 g/mol. The Labute approximate surface area is 170 Å². The van der Waals surface area contributed by atoms with Crippen LogP contribution in [0.2, 0.25) is 0 Å². The maximum atomic E-state index is 12.9. The van der Waals surface area contributed by atoms with Gasteiger partial charge in [0, 0.05) is 11.1 Å². The maximum Gasteiger partial charge on any atom is 0.256 e. The van der Waals surface area contributed by atoms with Crippen LogP contribution in [0, 0.1) is 6.92 Å². The second-order valence-corrected chi connectivity index (χ2v) is 7.27. The largest absolute Gasteiger partial charge is 0.493 e. The van der Waals surface area contributed by atoms with Gasteiger partial charge in [-0.15, -0.1) is 0 Å². The number of carbonyl (C=O) groups excluding carboxylic acids is 1. The van der Waals surface area contributed by atoms with Crippen LogP contribution in [0.25, 0.3) is 5.69 Å². The Morgan fingerprint density at radius 2 is 1.86 bits per heavy atom. The molecule has 0 bridgehead atoms. The van der Waals surface area contributed by atoms with Crippen LogP contribution < -0.4 is 14.8 Å². The number of benzene rings is 2. The summed E-state index contributed by atoms with van der Waals surface area (Å²) in [5.74, 6) is 1.67. The number of anilines is 1.